The van der Waals surface area contributed by atoms with Gasteiger partial charge in [0.05, 0.1) is 25.7 Å². The fourth-order valence-electron chi connectivity index (χ4n) is 2.07. The molecule has 1 aliphatic rings. The molecule has 16 heavy (non-hydrogen) atoms. The fourth-order valence-corrected chi connectivity index (χ4v) is 2.07. The van der Waals surface area contributed by atoms with Gasteiger partial charge in [0.1, 0.15) is 0 Å². The second kappa shape index (κ2) is 6.83. The summed E-state index contributed by atoms with van der Waals surface area (Å²) in [6, 6.07) is 0.366. The summed E-state index contributed by atoms with van der Waals surface area (Å²) < 4.78 is 10.6. The molecular formula is C11H21NO4. The number of carboxylic acids is 1. The molecule has 0 aliphatic carbocycles. The van der Waals surface area contributed by atoms with Crippen LogP contribution in [0.1, 0.15) is 19.8 Å². The number of morpholine rings is 1. The summed E-state index contributed by atoms with van der Waals surface area (Å²) in [7, 11) is 1.69. The molecule has 0 aromatic rings. The number of methoxy groups -OCH3 is 1. The molecule has 0 spiro atoms. The number of hydrogen-bond donors (Lipinski definition) is 1. The van der Waals surface area contributed by atoms with Crippen molar-refractivity contribution in [3.05, 3.63) is 0 Å². The predicted octanol–water partition coefficient (Wildman–Crippen LogP) is 0.587. The zero-order chi connectivity index (χ0) is 12.0. The maximum absolute atomic E-state index is 10.6. The molecule has 1 saturated heterocycles. The zero-order valence-electron chi connectivity index (χ0n) is 10.0. The maximum atomic E-state index is 10.6. The van der Waals surface area contributed by atoms with Crippen LogP contribution in [0.3, 0.4) is 0 Å². The van der Waals surface area contributed by atoms with E-state index in [1.807, 2.05) is 0 Å². The van der Waals surface area contributed by atoms with Gasteiger partial charge in [-0.3, -0.25) is 9.69 Å². The molecule has 5 heteroatoms. The second-order valence-corrected chi connectivity index (χ2v) is 4.10. The van der Waals surface area contributed by atoms with E-state index in [-0.39, 0.29) is 12.5 Å². The summed E-state index contributed by atoms with van der Waals surface area (Å²) in [5.41, 5.74) is 0. The number of carbonyl (C=O) groups is 1. The molecule has 94 valence electrons. The summed E-state index contributed by atoms with van der Waals surface area (Å²) in [5.74, 6) is -0.799. The fraction of sp³-hybridized carbons (Fsp3) is 0.909. The lowest BCUT2D eigenvalue weighted by Crippen LogP contribution is -2.49. The molecule has 5 nitrogen and oxygen atoms in total. The Kier molecular flexibility index (Phi) is 5.73. The summed E-state index contributed by atoms with van der Waals surface area (Å²) in [5, 5.41) is 8.73. The molecule has 0 amide bonds. The van der Waals surface area contributed by atoms with E-state index in [0.29, 0.717) is 25.8 Å². The van der Waals surface area contributed by atoms with Crippen molar-refractivity contribution in [2.45, 2.75) is 31.9 Å². The average molecular weight is 231 g/mol. The van der Waals surface area contributed by atoms with Gasteiger partial charge in [-0.25, -0.2) is 0 Å². The van der Waals surface area contributed by atoms with Crippen LogP contribution in [-0.4, -0.2) is 61.5 Å². The molecule has 2 unspecified atom stereocenters. The van der Waals surface area contributed by atoms with Crippen LogP contribution in [0.15, 0.2) is 0 Å². The minimum absolute atomic E-state index is 0.0833. The molecule has 0 aromatic heterocycles. The Morgan fingerprint density at radius 3 is 3.00 bits per heavy atom. The van der Waals surface area contributed by atoms with Gasteiger partial charge in [-0.05, 0) is 6.42 Å². The van der Waals surface area contributed by atoms with Crippen LogP contribution in [0, 0.1) is 0 Å². The van der Waals surface area contributed by atoms with Crippen molar-refractivity contribution in [2.75, 3.05) is 33.4 Å². The SMILES string of the molecule is CCC(COC)N1CCOC(CC(=O)O)C1. The van der Waals surface area contributed by atoms with Crippen LogP contribution < -0.4 is 0 Å². The molecule has 1 heterocycles. The van der Waals surface area contributed by atoms with Gasteiger partial charge in [-0.1, -0.05) is 6.92 Å². The summed E-state index contributed by atoms with van der Waals surface area (Å²) in [4.78, 5) is 12.9. The number of ether oxygens (including phenoxy) is 2. The van der Waals surface area contributed by atoms with Gasteiger partial charge in [-0.2, -0.15) is 0 Å². The number of nitrogens with zero attached hydrogens (tertiary/aromatic N) is 1. The molecule has 1 N–H and O–H groups in total. The molecular weight excluding hydrogens is 210 g/mol. The first-order chi connectivity index (χ1) is 7.67. The normalized spacial score (nSPS) is 24.2. The molecule has 0 saturated carbocycles. The number of carboxylic acid groups (broad SMARTS) is 1. The molecule has 0 bridgehead atoms. The van der Waals surface area contributed by atoms with E-state index in [9.17, 15) is 4.79 Å². The van der Waals surface area contributed by atoms with Gasteiger partial charge in [0.15, 0.2) is 0 Å². The zero-order valence-corrected chi connectivity index (χ0v) is 10.0. The van der Waals surface area contributed by atoms with Crippen molar-refractivity contribution in [3.63, 3.8) is 0 Å². The molecule has 2 atom stereocenters. The van der Waals surface area contributed by atoms with Gasteiger partial charge in [0.25, 0.3) is 0 Å². The second-order valence-electron chi connectivity index (χ2n) is 4.10. The van der Waals surface area contributed by atoms with Crippen molar-refractivity contribution in [1.82, 2.24) is 4.90 Å². The largest absolute Gasteiger partial charge is 0.481 e. The number of rotatable bonds is 6. The standard InChI is InChI=1S/C11H21NO4/c1-3-9(8-15-2)12-4-5-16-10(7-12)6-11(13)14/h9-10H,3-8H2,1-2H3,(H,13,14). The van der Waals surface area contributed by atoms with Crippen LogP contribution in [0.5, 0.6) is 0 Å². The van der Waals surface area contributed by atoms with Gasteiger partial charge in [-0.15, -0.1) is 0 Å². The Labute approximate surface area is 96.3 Å². The van der Waals surface area contributed by atoms with Gasteiger partial charge >= 0.3 is 5.97 Å². The highest BCUT2D eigenvalue weighted by molar-refractivity contribution is 5.67. The first-order valence-electron chi connectivity index (χ1n) is 5.73. The van der Waals surface area contributed by atoms with Gasteiger partial charge in [0.2, 0.25) is 0 Å². The number of hydrogen-bond acceptors (Lipinski definition) is 4. The third-order valence-electron chi connectivity index (χ3n) is 2.92. The molecule has 1 aliphatic heterocycles. The van der Waals surface area contributed by atoms with Gasteiger partial charge < -0.3 is 14.6 Å². The molecule has 0 aromatic carbocycles. The van der Waals surface area contributed by atoms with Crippen molar-refractivity contribution in [1.29, 1.82) is 0 Å². The van der Waals surface area contributed by atoms with E-state index in [1.165, 1.54) is 0 Å². The molecule has 0 radical (unpaired) electrons. The van der Waals surface area contributed by atoms with Gasteiger partial charge in [0, 0.05) is 26.2 Å². The van der Waals surface area contributed by atoms with E-state index < -0.39 is 5.97 Å². The van der Waals surface area contributed by atoms with Crippen LogP contribution in [-0.2, 0) is 14.3 Å². The van der Waals surface area contributed by atoms with Crippen LogP contribution >= 0.6 is 0 Å². The Bertz CT molecular complexity index is 222. The van der Waals surface area contributed by atoms with Crippen molar-refractivity contribution >= 4 is 5.97 Å². The third kappa shape index (κ3) is 4.08. The number of aliphatic carboxylic acids is 1. The lowest BCUT2D eigenvalue weighted by molar-refractivity contribution is -0.142. The van der Waals surface area contributed by atoms with Crippen LogP contribution in [0.4, 0.5) is 0 Å². The lowest BCUT2D eigenvalue weighted by atomic mass is 10.1. The van der Waals surface area contributed by atoms with Crippen LogP contribution in [0.25, 0.3) is 0 Å². The smallest absolute Gasteiger partial charge is 0.306 e. The summed E-state index contributed by atoms with van der Waals surface area (Å²) >= 11 is 0. The quantitative estimate of drug-likeness (QED) is 0.725. The minimum Gasteiger partial charge on any atom is -0.481 e. The van der Waals surface area contributed by atoms with E-state index in [4.69, 9.17) is 14.6 Å². The highest BCUT2D eigenvalue weighted by Crippen LogP contribution is 2.13. The van der Waals surface area contributed by atoms with Crippen molar-refractivity contribution < 1.29 is 19.4 Å². The summed E-state index contributed by atoms with van der Waals surface area (Å²) in [6.07, 6.45) is 0.908. The highest BCUT2D eigenvalue weighted by atomic mass is 16.5. The van der Waals surface area contributed by atoms with E-state index in [2.05, 4.69) is 11.8 Å². The van der Waals surface area contributed by atoms with Crippen molar-refractivity contribution in [3.8, 4) is 0 Å². The maximum Gasteiger partial charge on any atom is 0.306 e. The Morgan fingerprint density at radius 1 is 1.69 bits per heavy atom. The predicted molar refractivity (Wildman–Crippen MR) is 59.5 cm³/mol. The Balaban J connectivity index is 2.44. The first kappa shape index (κ1) is 13.4. The van der Waals surface area contributed by atoms with E-state index in [0.717, 1.165) is 13.0 Å². The minimum atomic E-state index is -0.799. The molecule has 1 fully saturated rings. The van der Waals surface area contributed by atoms with E-state index >= 15 is 0 Å². The average Bonchev–Trinajstić information content (AvgIpc) is 2.25. The highest BCUT2D eigenvalue weighted by Gasteiger charge is 2.26. The summed E-state index contributed by atoms with van der Waals surface area (Å²) in [6.45, 7) is 4.96. The lowest BCUT2D eigenvalue weighted by Gasteiger charge is -2.37. The monoisotopic (exact) mass is 231 g/mol. The van der Waals surface area contributed by atoms with Crippen molar-refractivity contribution in [2.24, 2.45) is 0 Å². The Hall–Kier alpha value is -0.650. The third-order valence-corrected chi connectivity index (χ3v) is 2.92. The molecule has 1 rings (SSSR count). The topological polar surface area (TPSA) is 59.0 Å². The van der Waals surface area contributed by atoms with Crippen LogP contribution in [0.2, 0.25) is 0 Å². The Morgan fingerprint density at radius 2 is 2.44 bits per heavy atom. The van der Waals surface area contributed by atoms with E-state index in [1.54, 1.807) is 7.11 Å². The first-order valence-corrected chi connectivity index (χ1v) is 5.73.